The molecule has 0 bridgehead atoms. The highest BCUT2D eigenvalue weighted by atomic mass is 16.5. The van der Waals surface area contributed by atoms with Gasteiger partial charge in [-0.05, 0) is 12.0 Å². The molecule has 0 aliphatic carbocycles. The average molecular weight is 402 g/mol. The number of hydrogen-bond donors (Lipinski definition) is 3. The highest BCUT2D eigenvalue weighted by Gasteiger charge is 2.35. The molecule has 2 heterocycles. The summed E-state index contributed by atoms with van der Waals surface area (Å²) in [4.78, 5) is 36.9. The molecule has 3 rings (SSSR count). The molecule has 9 nitrogen and oxygen atoms in total. The highest BCUT2D eigenvalue weighted by molar-refractivity contribution is 5.86. The highest BCUT2D eigenvalue weighted by Crippen LogP contribution is 2.22. The first-order chi connectivity index (χ1) is 14.1. The first kappa shape index (κ1) is 22.1. The molecule has 0 unspecified atom stereocenters. The number of carboxylic acid groups (broad SMARTS) is 1. The first-order valence-corrected chi connectivity index (χ1v) is 9.42. The SMILES string of the molecule is CCc1nccn1CCCNC(=O)[C@H]1OCC(=O)N[C@@H]1c1ccccc1.O=CO. The van der Waals surface area contributed by atoms with Crippen molar-refractivity contribution in [1.82, 2.24) is 20.2 Å². The molecule has 0 saturated carbocycles. The van der Waals surface area contributed by atoms with Crippen LogP contribution in [-0.4, -0.2) is 52.2 Å². The number of carbonyl (C=O) groups excluding carboxylic acids is 2. The Kier molecular flexibility index (Phi) is 8.84. The summed E-state index contributed by atoms with van der Waals surface area (Å²) in [5, 5.41) is 12.7. The smallest absolute Gasteiger partial charge is 0.290 e. The Morgan fingerprint density at radius 2 is 2.14 bits per heavy atom. The predicted molar refractivity (Wildman–Crippen MR) is 105 cm³/mol. The fraction of sp³-hybridized carbons (Fsp3) is 0.400. The van der Waals surface area contributed by atoms with E-state index < -0.39 is 12.1 Å². The molecule has 0 radical (unpaired) electrons. The van der Waals surface area contributed by atoms with Crippen molar-refractivity contribution in [1.29, 1.82) is 0 Å². The maximum absolute atomic E-state index is 12.6. The van der Waals surface area contributed by atoms with Crippen LogP contribution in [0.25, 0.3) is 0 Å². The molecule has 1 saturated heterocycles. The monoisotopic (exact) mass is 402 g/mol. The van der Waals surface area contributed by atoms with E-state index in [0.717, 1.165) is 30.8 Å². The Hall–Kier alpha value is -3.20. The molecule has 1 fully saturated rings. The Bertz CT molecular complexity index is 793. The van der Waals surface area contributed by atoms with Gasteiger partial charge < -0.3 is 25.0 Å². The molecule has 156 valence electrons. The summed E-state index contributed by atoms with van der Waals surface area (Å²) in [7, 11) is 0. The minimum Gasteiger partial charge on any atom is -0.483 e. The lowest BCUT2D eigenvalue weighted by molar-refractivity contribution is -0.148. The van der Waals surface area contributed by atoms with Crippen molar-refractivity contribution < 1.29 is 24.2 Å². The fourth-order valence-electron chi connectivity index (χ4n) is 3.12. The van der Waals surface area contributed by atoms with Crippen LogP contribution in [0.5, 0.6) is 0 Å². The molecule has 2 atom stereocenters. The quantitative estimate of drug-likeness (QED) is 0.467. The summed E-state index contributed by atoms with van der Waals surface area (Å²) in [6.45, 7) is 3.05. The lowest BCUT2D eigenvalue weighted by atomic mass is 9.99. The summed E-state index contributed by atoms with van der Waals surface area (Å²) < 4.78 is 7.61. The molecule has 29 heavy (non-hydrogen) atoms. The normalized spacial score (nSPS) is 18.2. The third-order valence-electron chi connectivity index (χ3n) is 4.42. The van der Waals surface area contributed by atoms with Crippen LogP contribution in [-0.2, 0) is 32.1 Å². The van der Waals surface area contributed by atoms with E-state index in [-0.39, 0.29) is 24.9 Å². The Morgan fingerprint density at radius 3 is 2.83 bits per heavy atom. The van der Waals surface area contributed by atoms with Crippen molar-refractivity contribution in [2.45, 2.75) is 38.5 Å². The average Bonchev–Trinajstić information content (AvgIpc) is 3.20. The third-order valence-corrected chi connectivity index (χ3v) is 4.42. The van der Waals surface area contributed by atoms with E-state index >= 15 is 0 Å². The van der Waals surface area contributed by atoms with Crippen molar-refractivity contribution in [3.63, 3.8) is 0 Å². The molecular weight excluding hydrogens is 376 g/mol. The van der Waals surface area contributed by atoms with E-state index in [0.29, 0.717) is 6.54 Å². The summed E-state index contributed by atoms with van der Waals surface area (Å²) in [6, 6.07) is 8.93. The van der Waals surface area contributed by atoms with Gasteiger partial charge in [0.15, 0.2) is 6.10 Å². The number of hydrogen-bond acceptors (Lipinski definition) is 5. The molecule has 2 amide bonds. The molecule has 9 heteroatoms. The molecule has 1 aromatic carbocycles. The van der Waals surface area contributed by atoms with Crippen molar-refractivity contribution in [3.05, 3.63) is 54.1 Å². The van der Waals surface area contributed by atoms with Crippen LogP contribution >= 0.6 is 0 Å². The number of aromatic nitrogens is 2. The number of aryl methyl sites for hydroxylation is 2. The van der Waals surface area contributed by atoms with Gasteiger partial charge in [-0.2, -0.15) is 0 Å². The second-order valence-electron chi connectivity index (χ2n) is 6.33. The number of carbonyl (C=O) groups is 3. The van der Waals surface area contributed by atoms with Gasteiger partial charge in [-0.3, -0.25) is 14.4 Å². The van der Waals surface area contributed by atoms with Gasteiger partial charge in [0.2, 0.25) is 5.91 Å². The largest absolute Gasteiger partial charge is 0.483 e. The van der Waals surface area contributed by atoms with Gasteiger partial charge in [-0.1, -0.05) is 37.3 Å². The number of benzene rings is 1. The van der Waals surface area contributed by atoms with E-state index in [1.54, 1.807) is 6.20 Å². The van der Waals surface area contributed by atoms with Crippen LogP contribution in [0.4, 0.5) is 0 Å². The van der Waals surface area contributed by atoms with Gasteiger partial charge in [0.1, 0.15) is 12.4 Å². The van der Waals surface area contributed by atoms with Crippen molar-refractivity contribution in [2.75, 3.05) is 13.2 Å². The number of nitrogens with zero attached hydrogens (tertiary/aromatic N) is 2. The summed E-state index contributed by atoms with van der Waals surface area (Å²) in [5.41, 5.74) is 0.853. The van der Waals surface area contributed by atoms with Crippen LogP contribution in [0.3, 0.4) is 0 Å². The van der Waals surface area contributed by atoms with Crippen molar-refractivity contribution in [3.8, 4) is 0 Å². The van der Waals surface area contributed by atoms with Crippen LogP contribution < -0.4 is 10.6 Å². The lowest BCUT2D eigenvalue weighted by Gasteiger charge is -2.31. The molecular formula is C20H26N4O5. The molecule has 0 spiro atoms. The Labute approximate surface area is 169 Å². The summed E-state index contributed by atoms with van der Waals surface area (Å²) >= 11 is 0. The third kappa shape index (κ3) is 6.42. The van der Waals surface area contributed by atoms with Gasteiger partial charge in [-0.25, -0.2) is 4.98 Å². The zero-order chi connectivity index (χ0) is 21.1. The zero-order valence-corrected chi connectivity index (χ0v) is 16.3. The molecule has 1 aromatic heterocycles. The second kappa shape index (κ2) is 11.6. The number of imidazole rings is 1. The van der Waals surface area contributed by atoms with Crippen molar-refractivity contribution in [2.24, 2.45) is 0 Å². The van der Waals surface area contributed by atoms with E-state index in [1.165, 1.54) is 0 Å². The predicted octanol–water partition coefficient (Wildman–Crippen LogP) is 0.909. The van der Waals surface area contributed by atoms with Crippen LogP contribution in [0.15, 0.2) is 42.7 Å². The maximum Gasteiger partial charge on any atom is 0.290 e. The Morgan fingerprint density at radius 1 is 1.41 bits per heavy atom. The second-order valence-corrected chi connectivity index (χ2v) is 6.33. The van der Waals surface area contributed by atoms with Crippen LogP contribution in [0.2, 0.25) is 0 Å². The topological polar surface area (TPSA) is 123 Å². The summed E-state index contributed by atoms with van der Waals surface area (Å²) in [6.07, 6.45) is 4.69. The Balaban J connectivity index is 0.000000941. The van der Waals surface area contributed by atoms with Crippen molar-refractivity contribution >= 4 is 18.3 Å². The van der Waals surface area contributed by atoms with E-state index in [9.17, 15) is 9.59 Å². The molecule has 1 aliphatic heterocycles. The van der Waals surface area contributed by atoms with Crippen LogP contribution in [0, 0.1) is 0 Å². The van der Waals surface area contributed by atoms with E-state index in [1.807, 2.05) is 36.5 Å². The van der Waals surface area contributed by atoms with Gasteiger partial charge in [0.05, 0.1) is 6.04 Å². The zero-order valence-electron chi connectivity index (χ0n) is 16.3. The van der Waals surface area contributed by atoms with Gasteiger partial charge >= 0.3 is 0 Å². The minimum atomic E-state index is -0.727. The van der Waals surface area contributed by atoms with Gasteiger partial charge in [0, 0.05) is 31.9 Å². The lowest BCUT2D eigenvalue weighted by Crippen LogP contribution is -2.52. The number of morpholine rings is 1. The van der Waals surface area contributed by atoms with Gasteiger partial charge in [0.25, 0.3) is 12.4 Å². The number of ether oxygens (including phenoxy) is 1. The molecule has 3 N–H and O–H groups in total. The van der Waals surface area contributed by atoms with Crippen LogP contribution in [0.1, 0.15) is 30.8 Å². The van der Waals surface area contributed by atoms with E-state index in [4.69, 9.17) is 14.6 Å². The first-order valence-electron chi connectivity index (χ1n) is 9.42. The number of nitrogens with one attached hydrogen (secondary N) is 2. The molecule has 1 aliphatic rings. The minimum absolute atomic E-state index is 0.101. The fourth-order valence-corrected chi connectivity index (χ4v) is 3.12. The maximum atomic E-state index is 12.6. The summed E-state index contributed by atoms with van der Waals surface area (Å²) in [5.74, 6) is 0.620. The standard InChI is InChI=1S/C19H24N4O3.CH2O2/c1-2-15-20-10-12-23(15)11-6-9-21-19(25)18-17(22-16(24)13-26-18)14-7-4-3-5-8-14;2-1-3/h3-5,7-8,10,12,17-18H,2,6,9,11,13H2,1H3,(H,21,25)(H,22,24);1H,(H,2,3)/t17-,18+;/m1./s1. The van der Waals surface area contributed by atoms with E-state index in [2.05, 4.69) is 27.1 Å². The van der Waals surface area contributed by atoms with Gasteiger partial charge in [-0.15, -0.1) is 0 Å². The number of amides is 2. The molecule has 2 aromatic rings. The number of rotatable bonds is 7.